The van der Waals surface area contributed by atoms with Crippen molar-refractivity contribution in [2.45, 2.75) is 52.1 Å². The predicted octanol–water partition coefficient (Wildman–Crippen LogP) is 3.23. The fourth-order valence-corrected chi connectivity index (χ4v) is 1.40. The van der Waals surface area contributed by atoms with Crippen molar-refractivity contribution in [3.8, 4) is 0 Å². The highest BCUT2D eigenvalue weighted by molar-refractivity contribution is 5.05. The first-order chi connectivity index (χ1) is 6.08. The van der Waals surface area contributed by atoms with Crippen molar-refractivity contribution in [3.05, 3.63) is 11.6 Å². The summed E-state index contributed by atoms with van der Waals surface area (Å²) in [5, 5.41) is 0. The highest BCUT2D eigenvalue weighted by atomic mass is 17.2. The molecule has 0 aromatic heterocycles. The van der Waals surface area contributed by atoms with E-state index in [1.807, 2.05) is 20.8 Å². The first-order valence-corrected chi connectivity index (χ1v) is 5.06. The quantitative estimate of drug-likeness (QED) is 0.290. The molecule has 1 fully saturated rings. The predicted molar refractivity (Wildman–Crippen MR) is 53.3 cm³/mol. The average molecular weight is 184 g/mol. The van der Waals surface area contributed by atoms with Crippen LogP contribution in [0, 0.1) is 0 Å². The minimum Gasteiger partial charge on any atom is -0.232 e. The molecule has 0 radical (unpaired) electrons. The smallest absolute Gasteiger partial charge is 0.101 e. The van der Waals surface area contributed by atoms with E-state index >= 15 is 0 Å². The zero-order valence-corrected chi connectivity index (χ0v) is 8.93. The first kappa shape index (κ1) is 10.7. The van der Waals surface area contributed by atoms with E-state index in [4.69, 9.17) is 9.78 Å². The molecule has 1 aliphatic rings. The average Bonchev–Trinajstić information content (AvgIpc) is 2.48. The fraction of sp³-hybridized carbons (Fsp3) is 0.818. The molecule has 1 saturated carbocycles. The second-order valence-electron chi connectivity index (χ2n) is 4.55. The Kier molecular flexibility index (Phi) is 3.94. The van der Waals surface area contributed by atoms with Gasteiger partial charge in [-0.2, -0.15) is 0 Å². The summed E-state index contributed by atoms with van der Waals surface area (Å²) in [6.45, 7) is 6.54. The van der Waals surface area contributed by atoms with Crippen LogP contribution in [0.4, 0.5) is 0 Å². The maximum atomic E-state index is 5.14. The van der Waals surface area contributed by atoms with Crippen molar-refractivity contribution in [3.63, 3.8) is 0 Å². The summed E-state index contributed by atoms with van der Waals surface area (Å²) in [5.74, 6) is 0. The van der Waals surface area contributed by atoms with Crippen molar-refractivity contribution in [1.82, 2.24) is 0 Å². The van der Waals surface area contributed by atoms with Crippen molar-refractivity contribution in [2.24, 2.45) is 0 Å². The normalized spacial score (nSPS) is 17.9. The van der Waals surface area contributed by atoms with Crippen LogP contribution in [0.25, 0.3) is 0 Å². The zero-order chi connectivity index (χ0) is 9.73. The summed E-state index contributed by atoms with van der Waals surface area (Å²) in [6.07, 6.45) is 7.33. The lowest BCUT2D eigenvalue weighted by Gasteiger charge is -2.16. The highest BCUT2D eigenvalue weighted by Gasteiger charge is 2.11. The number of allylic oxidation sites excluding steroid dienone is 1. The standard InChI is InChI=1S/C11H20O2/c1-11(2,3)13-12-9-8-10-6-4-5-7-10/h8H,4-7,9H2,1-3H3. The molecule has 0 unspecified atom stereocenters. The fourth-order valence-electron chi connectivity index (χ4n) is 1.40. The first-order valence-electron chi connectivity index (χ1n) is 5.06. The highest BCUT2D eigenvalue weighted by Crippen LogP contribution is 2.23. The van der Waals surface area contributed by atoms with Gasteiger partial charge < -0.3 is 0 Å². The molecule has 76 valence electrons. The summed E-state index contributed by atoms with van der Waals surface area (Å²) in [4.78, 5) is 10.2. The molecular formula is C11H20O2. The SMILES string of the molecule is CC(C)(C)OOCC=C1CCCC1. The topological polar surface area (TPSA) is 18.5 Å². The lowest BCUT2D eigenvalue weighted by atomic mass is 10.2. The summed E-state index contributed by atoms with van der Waals surface area (Å²) in [5.41, 5.74) is 1.33. The summed E-state index contributed by atoms with van der Waals surface area (Å²) >= 11 is 0. The third-order valence-electron chi connectivity index (χ3n) is 1.99. The molecule has 2 nitrogen and oxygen atoms in total. The third-order valence-corrected chi connectivity index (χ3v) is 1.99. The molecule has 1 rings (SSSR count). The van der Waals surface area contributed by atoms with E-state index in [-0.39, 0.29) is 5.60 Å². The van der Waals surface area contributed by atoms with Gasteiger partial charge in [-0.15, -0.1) is 0 Å². The van der Waals surface area contributed by atoms with Crippen LogP contribution in [0.15, 0.2) is 11.6 Å². The summed E-state index contributed by atoms with van der Waals surface area (Å²) in [7, 11) is 0. The lowest BCUT2D eigenvalue weighted by molar-refractivity contribution is -0.341. The Morgan fingerprint density at radius 2 is 1.85 bits per heavy atom. The van der Waals surface area contributed by atoms with Gasteiger partial charge >= 0.3 is 0 Å². The van der Waals surface area contributed by atoms with Gasteiger partial charge in [0.2, 0.25) is 0 Å². The van der Waals surface area contributed by atoms with Gasteiger partial charge in [0, 0.05) is 0 Å². The largest absolute Gasteiger partial charge is 0.232 e. The molecule has 0 amide bonds. The van der Waals surface area contributed by atoms with E-state index in [1.54, 1.807) is 0 Å². The molecule has 0 spiro atoms. The molecular weight excluding hydrogens is 164 g/mol. The monoisotopic (exact) mass is 184 g/mol. The Balaban J connectivity index is 2.09. The van der Waals surface area contributed by atoms with E-state index < -0.39 is 0 Å². The van der Waals surface area contributed by atoms with Gasteiger partial charge in [0.25, 0.3) is 0 Å². The second-order valence-corrected chi connectivity index (χ2v) is 4.55. The van der Waals surface area contributed by atoms with Gasteiger partial charge in [0.1, 0.15) is 6.61 Å². The van der Waals surface area contributed by atoms with Gasteiger partial charge in [0.05, 0.1) is 5.60 Å². The molecule has 0 aromatic carbocycles. The number of hydrogen-bond donors (Lipinski definition) is 0. The molecule has 2 heteroatoms. The molecule has 0 bridgehead atoms. The van der Waals surface area contributed by atoms with E-state index in [9.17, 15) is 0 Å². The van der Waals surface area contributed by atoms with Crippen molar-refractivity contribution in [2.75, 3.05) is 6.61 Å². The van der Waals surface area contributed by atoms with Gasteiger partial charge in [-0.05, 0) is 46.5 Å². The van der Waals surface area contributed by atoms with Crippen LogP contribution in [0.3, 0.4) is 0 Å². The molecule has 0 saturated heterocycles. The molecule has 0 N–H and O–H groups in total. The minimum absolute atomic E-state index is 0.200. The van der Waals surface area contributed by atoms with E-state index in [0.29, 0.717) is 6.61 Å². The van der Waals surface area contributed by atoms with Crippen LogP contribution in [0.5, 0.6) is 0 Å². The Hall–Kier alpha value is -0.340. The van der Waals surface area contributed by atoms with Crippen LogP contribution in [0.1, 0.15) is 46.5 Å². The zero-order valence-electron chi connectivity index (χ0n) is 8.93. The minimum atomic E-state index is -0.200. The van der Waals surface area contributed by atoms with Crippen molar-refractivity contribution >= 4 is 0 Å². The molecule has 1 aliphatic carbocycles. The van der Waals surface area contributed by atoms with Crippen molar-refractivity contribution < 1.29 is 9.78 Å². The van der Waals surface area contributed by atoms with Crippen LogP contribution < -0.4 is 0 Å². The summed E-state index contributed by atoms with van der Waals surface area (Å²) in [6, 6.07) is 0. The van der Waals surface area contributed by atoms with Crippen molar-refractivity contribution in [1.29, 1.82) is 0 Å². The lowest BCUT2D eigenvalue weighted by Crippen LogP contribution is -2.19. The van der Waals surface area contributed by atoms with Gasteiger partial charge in [-0.3, -0.25) is 0 Å². The third kappa shape index (κ3) is 5.06. The Morgan fingerprint density at radius 1 is 1.23 bits per heavy atom. The molecule has 13 heavy (non-hydrogen) atoms. The van der Waals surface area contributed by atoms with E-state index in [0.717, 1.165) is 0 Å². The summed E-state index contributed by atoms with van der Waals surface area (Å²) < 4.78 is 0. The van der Waals surface area contributed by atoms with Crippen LogP contribution in [-0.4, -0.2) is 12.2 Å². The maximum Gasteiger partial charge on any atom is 0.101 e. The molecule has 0 atom stereocenters. The van der Waals surface area contributed by atoms with E-state index in [2.05, 4.69) is 6.08 Å². The van der Waals surface area contributed by atoms with Crippen LogP contribution >= 0.6 is 0 Å². The van der Waals surface area contributed by atoms with E-state index in [1.165, 1.54) is 31.3 Å². The van der Waals surface area contributed by atoms with Crippen LogP contribution in [-0.2, 0) is 9.78 Å². The second kappa shape index (κ2) is 4.77. The molecule has 0 aliphatic heterocycles. The Bertz CT molecular complexity index is 169. The number of rotatable bonds is 3. The van der Waals surface area contributed by atoms with Gasteiger partial charge in [0.15, 0.2) is 0 Å². The Morgan fingerprint density at radius 3 is 2.38 bits per heavy atom. The van der Waals surface area contributed by atoms with Gasteiger partial charge in [-0.1, -0.05) is 11.6 Å². The Labute approximate surface area is 80.8 Å². The molecule has 0 heterocycles. The maximum absolute atomic E-state index is 5.14. The number of hydrogen-bond acceptors (Lipinski definition) is 2. The molecule has 0 aromatic rings. The van der Waals surface area contributed by atoms with Crippen LogP contribution in [0.2, 0.25) is 0 Å². The van der Waals surface area contributed by atoms with Gasteiger partial charge in [-0.25, -0.2) is 9.78 Å².